The molecule has 2 N–H and O–H groups in total. The first-order chi connectivity index (χ1) is 11.5. The van der Waals surface area contributed by atoms with Gasteiger partial charge in [-0.25, -0.2) is 0 Å². The topological polar surface area (TPSA) is 86.5 Å². The van der Waals surface area contributed by atoms with Crippen LogP contribution in [-0.4, -0.2) is 14.4 Å². The van der Waals surface area contributed by atoms with Crippen LogP contribution in [0.2, 0.25) is 0 Å². The van der Waals surface area contributed by atoms with Crippen LogP contribution in [0.5, 0.6) is 0 Å². The Morgan fingerprint density at radius 1 is 0.875 bits per heavy atom. The molecule has 24 heavy (non-hydrogen) atoms. The highest BCUT2D eigenvalue weighted by Crippen LogP contribution is 2.08. The van der Waals surface area contributed by atoms with Crippen molar-refractivity contribution < 1.29 is 17.4 Å². The Labute approximate surface area is 146 Å². The molecule has 0 radical (unpaired) electrons. The van der Waals surface area contributed by atoms with Crippen molar-refractivity contribution in [2.45, 2.75) is 71.1 Å². The molecule has 5 nitrogen and oxygen atoms in total. The van der Waals surface area contributed by atoms with Crippen LogP contribution < -0.4 is 5.14 Å². The van der Waals surface area contributed by atoms with Crippen LogP contribution in [0.4, 0.5) is 0 Å². The second kappa shape index (κ2) is 15.1. The lowest BCUT2D eigenvalue weighted by molar-refractivity contribution is -0.133. The van der Waals surface area contributed by atoms with Gasteiger partial charge in [-0.15, -0.1) is 0 Å². The zero-order chi connectivity index (χ0) is 18.1. The number of hydrogen-bond donors (Lipinski definition) is 1. The summed E-state index contributed by atoms with van der Waals surface area (Å²) in [6.07, 6.45) is 22.1. The molecule has 0 saturated carbocycles. The SMILES string of the molecule is CC/C=C\C/C=C\C/C=C\CCCCCCCC(=O)OS(N)(=O)=O. The largest absolute Gasteiger partial charge is 0.382 e. The summed E-state index contributed by atoms with van der Waals surface area (Å²) in [4.78, 5) is 11.1. The third kappa shape index (κ3) is 18.6. The molecule has 0 aliphatic carbocycles. The maximum atomic E-state index is 11.1. The molecule has 138 valence electrons. The predicted molar refractivity (Wildman–Crippen MR) is 98.5 cm³/mol. The van der Waals surface area contributed by atoms with Crippen molar-refractivity contribution in [3.8, 4) is 0 Å². The molecule has 0 heterocycles. The number of carbonyl (C=O) groups is 1. The third-order valence-corrected chi connectivity index (χ3v) is 3.66. The van der Waals surface area contributed by atoms with E-state index < -0.39 is 16.3 Å². The normalized spacial score (nSPS) is 12.6. The minimum atomic E-state index is -4.16. The summed E-state index contributed by atoms with van der Waals surface area (Å²) in [6.45, 7) is 2.13. The summed E-state index contributed by atoms with van der Waals surface area (Å²) in [7, 11) is -4.16. The van der Waals surface area contributed by atoms with Gasteiger partial charge in [-0.3, -0.25) is 4.79 Å². The summed E-state index contributed by atoms with van der Waals surface area (Å²) >= 11 is 0. The van der Waals surface area contributed by atoms with E-state index in [1.54, 1.807) is 0 Å². The Hall–Kier alpha value is -1.40. The second-order valence-electron chi connectivity index (χ2n) is 5.55. The van der Waals surface area contributed by atoms with E-state index in [1.165, 1.54) is 0 Å². The van der Waals surface area contributed by atoms with Gasteiger partial charge in [-0.2, -0.15) is 13.6 Å². The molecular formula is C18H31NO4S. The van der Waals surface area contributed by atoms with Crippen LogP contribution in [0.25, 0.3) is 0 Å². The maximum Gasteiger partial charge on any atom is 0.382 e. The molecule has 0 aliphatic rings. The van der Waals surface area contributed by atoms with E-state index >= 15 is 0 Å². The fourth-order valence-electron chi connectivity index (χ4n) is 2.06. The third-order valence-electron chi connectivity index (χ3n) is 3.24. The monoisotopic (exact) mass is 357 g/mol. The molecule has 0 aromatic heterocycles. The fourth-order valence-corrected chi connectivity index (χ4v) is 2.40. The van der Waals surface area contributed by atoms with E-state index in [4.69, 9.17) is 0 Å². The van der Waals surface area contributed by atoms with Gasteiger partial charge in [0.2, 0.25) is 0 Å². The van der Waals surface area contributed by atoms with E-state index in [-0.39, 0.29) is 6.42 Å². The van der Waals surface area contributed by atoms with Gasteiger partial charge >= 0.3 is 16.3 Å². The summed E-state index contributed by atoms with van der Waals surface area (Å²) in [6, 6.07) is 0. The fraction of sp³-hybridized carbons (Fsp3) is 0.611. The van der Waals surface area contributed by atoms with Gasteiger partial charge in [0.05, 0.1) is 0 Å². The molecule has 0 aliphatic heterocycles. The molecule has 6 heteroatoms. The van der Waals surface area contributed by atoms with E-state index in [0.29, 0.717) is 6.42 Å². The van der Waals surface area contributed by atoms with Crippen molar-refractivity contribution >= 4 is 16.3 Å². The zero-order valence-corrected chi connectivity index (χ0v) is 15.5. The highest BCUT2D eigenvalue weighted by Gasteiger charge is 2.10. The minimum Gasteiger partial charge on any atom is -0.334 e. The van der Waals surface area contributed by atoms with Crippen LogP contribution in [0, 0.1) is 0 Å². The minimum absolute atomic E-state index is 0.0934. The number of unbranched alkanes of at least 4 members (excludes halogenated alkanes) is 5. The van der Waals surface area contributed by atoms with E-state index in [0.717, 1.165) is 51.4 Å². The van der Waals surface area contributed by atoms with Gasteiger partial charge < -0.3 is 4.18 Å². The average molecular weight is 358 g/mol. The molecule has 0 saturated heterocycles. The van der Waals surface area contributed by atoms with E-state index in [9.17, 15) is 13.2 Å². The Morgan fingerprint density at radius 2 is 1.42 bits per heavy atom. The zero-order valence-electron chi connectivity index (χ0n) is 14.7. The van der Waals surface area contributed by atoms with Crippen molar-refractivity contribution in [3.63, 3.8) is 0 Å². The number of carbonyl (C=O) groups excluding carboxylic acids is 1. The van der Waals surface area contributed by atoms with E-state index in [2.05, 4.69) is 52.7 Å². The van der Waals surface area contributed by atoms with Gasteiger partial charge in [-0.05, 0) is 38.5 Å². The second-order valence-corrected chi connectivity index (χ2v) is 6.70. The van der Waals surface area contributed by atoms with Crippen LogP contribution in [0.15, 0.2) is 36.5 Å². The molecule has 0 aromatic carbocycles. The molecule has 0 amide bonds. The van der Waals surface area contributed by atoms with Gasteiger partial charge in [-0.1, -0.05) is 62.6 Å². The van der Waals surface area contributed by atoms with Crippen molar-refractivity contribution in [1.82, 2.24) is 0 Å². The van der Waals surface area contributed by atoms with Crippen LogP contribution in [0.1, 0.15) is 71.1 Å². The van der Waals surface area contributed by atoms with Crippen molar-refractivity contribution in [1.29, 1.82) is 0 Å². The molecule has 0 atom stereocenters. The quantitative estimate of drug-likeness (QED) is 0.370. The molecule has 0 fully saturated rings. The van der Waals surface area contributed by atoms with Crippen molar-refractivity contribution in [2.24, 2.45) is 5.14 Å². The highest BCUT2D eigenvalue weighted by atomic mass is 32.2. The Morgan fingerprint density at radius 3 is 2.04 bits per heavy atom. The molecule has 0 spiro atoms. The first kappa shape index (κ1) is 22.6. The predicted octanol–water partition coefficient (Wildman–Crippen LogP) is 4.32. The van der Waals surface area contributed by atoms with Crippen molar-refractivity contribution in [3.05, 3.63) is 36.5 Å². The summed E-state index contributed by atoms with van der Waals surface area (Å²) in [5.74, 6) is -0.779. The van der Waals surface area contributed by atoms with Crippen LogP contribution in [-0.2, 0) is 19.3 Å². The Bertz CT molecular complexity index is 507. The number of rotatable bonds is 14. The lowest BCUT2D eigenvalue weighted by Gasteiger charge is -2.01. The van der Waals surface area contributed by atoms with Crippen LogP contribution in [0.3, 0.4) is 0 Å². The lowest BCUT2D eigenvalue weighted by atomic mass is 10.1. The first-order valence-corrected chi connectivity index (χ1v) is 10.1. The maximum absolute atomic E-state index is 11.1. The van der Waals surface area contributed by atoms with Crippen molar-refractivity contribution in [2.75, 3.05) is 0 Å². The molecular weight excluding hydrogens is 326 g/mol. The molecule has 0 bridgehead atoms. The van der Waals surface area contributed by atoms with Gasteiger partial charge in [0.25, 0.3) is 0 Å². The molecule has 0 rings (SSSR count). The van der Waals surface area contributed by atoms with Gasteiger partial charge in [0, 0.05) is 6.42 Å². The summed E-state index contributed by atoms with van der Waals surface area (Å²) < 4.78 is 25.1. The van der Waals surface area contributed by atoms with Crippen LogP contribution >= 0.6 is 0 Å². The van der Waals surface area contributed by atoms with Gasteiger partial charge in [0.15, 0.2) is 0 Å². The Kier molecular flexibility index (Phi) is 14.3. The number of allylic oxidation sites excluding steroid dienone is 6. The van der Waals surface area contributed by atoms with E-state index in [1.807, 2.05) is 0 Å². The number of hydrogen-bond acceptors (Lipinski definition) is 4. The summed E-state index contributed by atoms with van der Waals surface area (Å²) in [5.41, 5.74) is 0. The molecule has 0 unspecified atom stereocenters. The summed E-state index contributed by atoms with van der Waals surface area (Å²) in [5, 5.41) is 4.61. The average Bonchev–Trinajstić information content (AvgIpc) is 2.49. The molecule has 0 aromatic rings. The van der Waals surface area contributed by atoms with Gasteiger partial charge in [0.1, 0.15) is 0 Å². The number of nitrogens with two attached hydrogens (primary N) is 1. The standard InChI is InChI=1S/C18H31NO4S/c1-2-3-4-5-6-7-8-9-10-11-12-13-14-15-16-17-18(20)23-24(19,21)22/h3-4,6-7,9-10H,2,5,8,11-17H2,1H3,(H2,19,21,22)/b4-3-,7-6-,10-9-. The highest BCUT2D eigenvalue weighted by molar-refractivity contribution is 7.84. The first-order valence-electron chi connectivity index (χ1n) is 8.65. The Balaban J connectivity index is 3.40. The lowest BCUT2D eigenvalue weighted by Crippen LogP contribution is -2.20. The smallest absolute Gasteiger partial charge is 0.334 e.